The molecule has 7 heteroatoms. The summed E-state index contributed by atoms with van der Waals surface area (Å²) < 4.78 is 7.90. The molecule has 0 aliphatic rings. The Bertz CT molecular complexity index is 999. The van der Waals surface area contributed by atoms with Gasteiger partial charge in [-0.05, 0) is 63.1 Å². The number of nitrogens with one attached hydrogen (secondary N) is 1. The molecule has 0 saturated carbocycles. The Morgan fingerprint density at radius 2 is 1.83 bits per heavy atom. The second-order valence-corrected chi connectivity index (χ2v) is 8.05. The fourth-order valence-electron chi connectivity index (χ4n) is 2.81. The quantitative estimate of drug-likeness (QED) is 0.576. The number of aromatic nitrogens is 3. The third-order valence-corrected chi connectivity index (χ3v) is 5.71. The Labute approximate surface area is 175 Å². The SMILES string of the molecule is Cc1ccc(NC(=O)CSc2nnc(C(C)Oc3ccc(C)c(C)c3)n2C)cc1. The molecular weight excluding hydrogens is 384 g/mol. The van der Waals surface area contributed by atoms with E-state index in [1.807, 2.05) is 67.9 Å². The van der Waals surface area contributed by atoms with Crippen molar-refractivity contribution in [3.63, 3.8) is 0 Å². The first-order chi connectivity index (χ1) is 13.8. The molecule has 0 fully saturated rings. The summed E-state index contributed by atoms with van der Waals surface area (Å²) in [4.78, 5) is 12.2. The number of nitrogens with zero attached hydrogens (tertiary/aromatic N) is 3. The normalized spacial score (nSPS) is 11.9. The molecule has 1 aromatic heterocycles. The van der Waals surface area contributed by atoms with Crippen molar-refractivity contribution in [1.29, 1.82) is 0 Å². The highest BCUT2D eigenvalue weighted by molar-refractivity contribution is 7.99. The largest absolute Gasteiger partial charge is 0.483 e. The van der Waals surface area contributed by atoms with Crippen LogP contribution in [0.25, 0.3) is 0 Å². The van der Waals surface area contributed by atoms with Gasteiger partial charge in [0, 0.05) is 12.7 Å². The monoisotopic (exact) mass is 410 g/mol. The number of thioether (sulfide) groups is 1. The van der Waals surface area contributed by atoms with Gasteiger partial charge in [-0.2, -0.15) is 0 Å². The highest BCUT2D eigenvalue weighted by Gasteiger charge is 2.18. The maximum Gasteiger partial charge on any atom is 0.234 e. The van der Waals surface area contributed by atoms with Gasteiger partial charge in [0.05, 0.1) is 5.75 Å². The smallest absolute Gasteiger partial charge is 0.234 e. The van der Waals surface area contributed by atoms with E-state index in [2.05, 4.69) is 29.4 Å². The average Bonchev–Trinajstić information content (AvgIpc) is 3.05. The molecule has 1 heterocycles. The van der Waals surface area contributed by atoms with E-state index < -0.39 is 0 Å². The molecule has 6 nitrogen and oxygen atoms in total. The van der Waals surface area contributed by atoms with Crippen LogP contribution in [-0.2, 0) is 11.8 Å². The minimum Gasteiger partial charge on any atom is -0.483 e. The summed E-state index contributed by atoms with van der Waals surface area (Å²) in [5.74, 6) is 1.69. The van der Waals surface area contributed by atoms with Crippen molar-refractivity contribution < 1.29 is 9.53 Å². The van der Waals surface area contributed by atoms with Crippen LogP contribution >= 0.6 is 11.8 Å². The molecule has 3 rings (SSSR count). The fourth-order valence-corrected chi connectivity index (χ4v) is 3.53. The van der Waals surface area contributed by atoms with Crippen molar-refractivity contribution in [2.75, 3.05) is 11.1 Å². The number of aryl methyl sites for hydroxylation is 3. The molecular formula is C22H26N4O2S. The van der Waals surface area contributed by atoms with Gasteiger partial charge in [0.1, 0.15) is 5.75 Å². The minimum atomic E-state index is -0.259. The zero-order valence-corrected chi connectivity index (χ0v) is 18.2. The van der Waals surface area contributed by atoms with Crippen molar-refractivity contribution in [2.45, 2.75) is 39.0 Å². The number of carbonyl (C=O) groups excluding carboxylic acids is 1. The number of benzene rings is 2. The molecule has 1 atom stereocenters. The van der Waals surface area contributed by atoms with Gasteiger partial charge in [0.25, 0.3) is 0 Å². The van der Waals surface area contributed by atoms with Crippen LogP contribution in [0.4, 0.5) is 5.69 Å². The lowest BCUT2D eigenvalue weighted by molar-refractivity contribution is -0.113. The first-order valence-electron chi connectivity index (χ1n) is 9.46. The van der Waals surface area contributed by atoms with E-state index in [4.69, 9.17) is 4.74 Å². The fraction of sp³-hybridized carbons (Fsp3) is 0.318. The van der Waals surface area contributed by atoms with Crippen LogP contribution in [0.5, 0.6) is 5.75 Å². The molecule has 1 amide bonds. The lowest BCUT2D eigenvalue weighted by Gasteiger charge is -2.15. The molecule has 1 unspecified atom stereocenters. The number of ether oxygens (including phenoxy) is 1. The Balaban J connectivity index is 1.58. The summed E-state index contributed by atoms with van der Waals surface area (Å²) in [5, 5.41) is 12.0. The molecule has 0 aliphatic heterocycles. The van der Waals surface area contributed by atoms with Crippen molar-refractivity contribution >= 4 is 23.4 Å². The van der Waals surface area contributed by atoms with E-state index >= 15 is 0 Å². The van der Waals surface area contributed by atoms with Crippen LogP contribution in [-0.4, -0.2) is 26.4 Å². The highest BCUT2D eigenvalue weighted by atomic mass is 32.2. The second kappa shape index (κ2) is 9.13. The number of anilines is 1. The summed E-state index contributed by atoms with van der Waals surface area (Å²) >= 11 is 1.35. The number of amides is 1. The zero-order valence-electron chi connectivity index (χ0n) is 17.4. The van der Waals surface area contributed by atoms with E-state index in [0.29, 0.717) is 11.0 Å². The third kappa shape index (κ3) is 5.38. The van der Waals surface area contributed by atoms with E-state index in [9.17, 15) is 4.79 Å². The topological polar surface area (TPSA) is 69.0 Å². The first-order valence-corrected chi connectivity index (χ1v) is 10.4. The average molecular weight is 411 g/mol. The lowest BCUT2D eigenvalue weighted by Crippen LogP contribution is -2.14. The van der Waals surface area contributed by atoms with Crippen LogP contribution in [0.1, 0.15) is 35.5 Å². The molecule has 0 spiro atoms. The Hall–Kier alpha value is -2.80. The van der Waals surface area contributed by atoms with E-state index in [1.54, 1.807) is 0 Å². The van der Waals surface area contributed by atoms with Crippen LogP contribution in [0.15, 0.2) is 47.6 Å². The van der Waals surface area contributed by atoms with Crippen LogP contribution in [0.3, 0.4) is 0 Å². The van der Waals surface area contributed by atoms with Crippen molar-refractivity contribution in [3.8, 4) is 5.75 Å². The number of hydrogen-bond donors (Lipinski definition) is 1. The van der Waals surface area contributed by atoms with Crippen molar-refractivity contribution in [1.82, 2.24) is 14.8 Å². The summed E-state index contributed by atoms with van der Waals surface area (Å²) in [5.41, 5.74) is 4.35. The highest BCUT2D eigenvalue weighted by Crippen LogP contribution is 2.25. The molecule has 0 aliphatic carbocycles. The molecule has 0 bridgehead atoms. The zero-order chi connectivity index (χ0) is 21.0. The van der Waals surface area contributed by atoms with E-state index in [1.165, 1.54) is 22.9 Å². The summed E-state index contributed by atoms with van der Waals surface area (Å²) in [6.45, 7) is 8.09. The van der Waals surface area contributed by atoms with Gasteiger partial charge in [-0.1, -0.05) is 35.5 Å². The number of hydrogen-bond acceptors (Lipinski definition) is 5. The number of carbonyl (C=O) groups is 1. The number of rotatable bonds is 7. The second-order valence-electron chi connectivity index (χ2n) is 7.11. The first kappa shape index (κ1) is 20.9. The summed E-state index contributed by atoms with van der Waals surface area (Å²) in [7, 11) is 1.88. The Morgan fingerprint density at radius 3 is 2.52 bits per heavy atom. The lowest BCUT2D eigenvalue weighted by atomic mass is 10.1. The van der Waals surface area contributed by atoms with Gasteiger partial charge in [-0.25, -0.2) is 0 Å². The van der Waals surface area contributed by atoms with Crippen LogP contribution in [0.2, 0.25) is 0 Å². The van der Waals surface area contributed by atoms with E-state index in [-0.39, 0.29) is 17.8 Å². The predicted molar refractivity (Wildman–Crippen MR) is 116 cm³/mol. The maximum absolute atomic E-state index is 12.2. The third-order valence-electron chi connectivity index (χ3n) is 4.69. The van der Waals surface area contributed by atoms with Gasteiger partial charge in [-0.3, -0.25) is 4.79 Å². The van der Waals surface area contributed by atoms with E-state index in [0.717, 1.165) is 17.0 Å². The van der Waals surface area contributed by atoms with Crippen molar-refractivity contribution in [3.05, 3.63) is 65.0 Å². The Kier molecular flexibility index (Phi) is 6.59. The molecule has 29 heavy (non-hydrogen) atoms. The molecule has 3 aromatic rings. The molecule has 0 radical (unpaired) electrons. The van der Waals surface area contributed by atoms with Crippen LogP contribution in [0, 0.1) is 20.8 Å². The van der Waals surface area contributed by atoms with Gasteiger partial charge in [0.15, 0.2) is 17.1 Å². The molecule has 2 aromatic carbocycles. The summed E-state index contributed by atoms with van der Waals surface area (Å²) in [6.07, 6.45) is -0.259. The molecule has 1 N–H and O–H groups in total. The van der Waals surface area contributed by atoms with Crippen LogP contribution < -0.4 is 10.1 Å². The predicted octanol–water partition coefficient (Wildman–Crippen LogP) is 4.61. The summed E-state index contributed by atoms with van der Waals surface area (Å²) in [6, 6.07) is 13.7. The molecule has 152 valence electrons. The van der Waals surface area contributed by atoms with Gasteiger partial charge in [0.2, 0.25) is 5.91 Å². The minimum absolute atomic E-state index is 0.0807. The van der Waals surface area contributed by atoms with Gasteiger partial charge >= 0.3 is 0 Å². The standard InChI is InChI=1S/C22H26N4O2S/c1-14-6-9-18(10-7-14)23-20(27)13-29-22-25-24-21(26(22)5)17(4)28-19-11-8-15(2)16(3)12-19/h6-12,17H,13H2,1-5H3,(H,23,27). The Morgan fingerprint density at radius 1 is 1.10 bits per heavy atom. The molecule has 0 saturated heterocycles. The van der Waals surface area contributed by atoms with Crippen molar-refractivity contribution in [2.24, 2.45) is 7.05 Å². The van der Waals surface area contributed by atoms with Gasteiger partial charge < -0.3 is 14.6 Å². The maximum atomic E-state index is 12.2. The van der Waals surface area contributed by atoms with Gasteiger partial charge in [-0.15, -0.1) is 10.2 Å².